The Bertz CT molecular complexity index is 273. The lowest BCUT2D eigenvalue weighted by atomic mass is 10.1. The molecule has 0 aliphatic rings. The van der Waals surface area contributed by atoms with Gasteiger partial charge in [-0.05, 0) is 39.7 Å². The Labute approximate surface area is 112 Å². The van der Waals surface area contributed by atoms with Crippen LogP contribution in [0.25, 0.3) is 0 Å². The Morgan fingerprint density at radius 3 is 2.06 bits per heavy atom. The number of aldehydes is 1. The minimum absolute atomic E-state index is 0.617. The lowest BCUT2D eigenvalue weighted by Gasteiger charge is -1.94. The quantitative estimate of drug-likeness (QED) is 0.278. The maximum absolute atomic E-state index is 10.0. The second-order valence-corrected chi connectivity index (χ2v) is 4.08. The van der Waals surface area contributed by atoms with Gasteiger partial charge in [-0.15, -0.1) is 13.2 Å². The fourth-order valence-corrected chi connectivity index (χ4v) is 1.02. The molecule has 0 heterocycles. The summed E-state index contributed by atoms with van der Waals surface area (Å²) in [7, 11) is 0. The molecule has 0 saturated heterocycles. The Hall–Kier alpha value is -1.41. The molecular weight excluding hydrogens is 224 g/mol. The molecule has 0 aromatic carbocycles. The molecule has 0 radical (unpaired) electrons. The standard InChI is InChI=1S/C10H16O.C6H10O/c1-9(2)5-4-6-10(3)7-8-11;1-3-5-7-6-4-2/h5,7-8H,4,6H2,1-3H3;3-4H,1-2,5-6H2/b10-7+;. The molecule has 0 rings (SSSR count). The predicted molar refractivity (Wildman–Crippen MR) is 79.7 cm³/mol. The van der Waals surface area contributed by atoms with Gasteiger partial charge >= 0.3 is 0 Å². The maximum Gasteiger partial charge on any atom is 0.142 e. The smallest absolute Gasteiger partial charge is 0.142 e. The molecule has 0 atom stereocenters. The first-order chi connectivity index (χ1) is 8.58. The Morgan fingerprint density at radius 1 is 1.11 bits per heavy atom. The number of carbonyl (C=O) groups excluding carboxylic acids is 1. The van der Waals surface area contributed by atoms with Gasteiger partial charge in [0.15, 0.2) is 0 Å². The molecule has 0 aliphatic carbocycles. The highest BCUT2D eigenvalue weighted by molar-refractivity contribution is 5.65. The molecule has 2 heteroatoms. The van der Waals surface area contributed by atoms with Gasteiger partial charge in [-0.2, -0.15) is 0 Å². The van der Waals surface area contributed by atoms with Crippen molar-refractivity contribution in [2.24, 2.45) is 0 Å². The van der Waals surface area contributed by atoms with Gasteiger partial charge in [-0.1, -0.05) is 29.4 Å². The molecule has 0 unspecified atom stereocenters. The first kappa shape index (κ1) is 18.9. The SMILES string of the molecule is C=CCOCC=C.CC(C)=CCC/C(C)=C/C=O. The van der Waals surface area contributed by atoms with Crippen LogP contribution in [0.1, 0.15) is 33.6 Å². The van der Waals surface area contributed by atoms with Gasteiger partial charge in [0, 0.05) is 0 Å². The Morgan fingerprint density at radius 2 is 1.67 bits per heavy atom. The largest absolute Gasteiger partial charge is 0.373 e. The number of hydrogen-bond donors (Lipinski definition) is 0. The second-order valence-electron chi connectivity index (χ2n) is 4.08. The van der Waals surface area contributed by atoms with Gasteiger partial charge in [-0.3, -0.25) is 4.79 Å². The van der Waals surface area contributed by atoms with Crippen molar-refractivity contribution >= 4 is 6.29 Å². The first-order valence-electron chi connectivity index (χ1n) is 6.12. The van der Waals surface area contributed by atoms with Gasteiger partial charge in [0.2, 0.25) is 0 Å². The number of allylic oxidation sites excluding steroid dienone is 4. The third-order valence-corrected chi connectivity index (χ3v) is 1.92. The van der Waals surface area contributed by atoms with Crippen LogP contribution in [0.15, 0.2) is 48.6 Å². The van der Waals surface area contributed by atoms with Crippen LogP contribution < -0.4 is 0 Å². The van der Waals surface area contributed by atoms with Crippen LogP contribution >= 0.6 is 0 Å². The van der Waals surface area contributed by atoms with Gasteiger partial charge in [-0.25, -0.2) is 0 Å². The van der Waals surface area contributed by atoms with Gasteiger partial charge in [0.25, 0.3) is 0 Å². The summed E-state index contributed by atoms with van der Waals surface area (Å²) in [5, 5.41) is 0. The van der Waals surface area contributed by atoms with E-state index in [2.05, 4.69) is 33.1 Å². The lowest BCUT2D eigenvalue weighted by Crippen LogP contribution is -1.87. The van der Waals surface area contributed by atoms with E-state index in [0.29, 0.717) is 13.2 Å². The normalized spacial score (nSPS) is 9.83. The lowest BCUT2D eigenvalue weighted by molar-refractivity contribution is -0.104. The molecule has 0 fully saturated rings. The van der Waals surface area contributed by atoms with E-state index in [1.165, 1.54) is 5.57 Å². The summed E-state index contributed by atoms with van der Waals surface area (Å²) >= 11 is 0. The van der Waals surface area contributed by atoms with Crippen LogP contribution in [0, 0.1) is 0 Å². The van der Waals surface area contributed by atoms with Crippen molar-refractivity contribution < 1.29 is 9.53 Å². The third-order valence-electron chi connectivity index (χ3n) is 1.92. The van der Waals surface area contributed by atoms with E-state index in [-0.39, 0.29) is 0 Å². The van der Waals surface area contributed by atoms with Gasteiger partial charge < -0.3 is 4.74 Å². The number of hydrogen-bond acceptors (Lipinski definition) is 2. The summed E-state index contributed by atoms with van der Waals surface area (Å²) < 4.78 is 4.90. The average Bonchev–Trinajstić information content (AvgIpc) is 2.30. The molecular formula is C16H26O2. The number of rotatable bonds is 8. The Kier molecular flexibility index (Phi) is 16.4. The predicted octanol–water partition coefficient (Wildman–Crippen LogP) is 4.25. The minimum Gasteiger partial charge on any atom is -0.373 e. The highest BCUT2D eigenvalue weighted by Gasteiger charge is 1.86. The molecule has 0 aliphatic heterocycles. The molecule has 0 amide bonds. The monoisotopic (exact) mass is 250 g/mol. The van der Waals surface area contributed by atoms with Crippen LogP contribution in [-0.2, 0) is 9.53 Å². The summed E-state index contributed by atoms with van der Waals surface area (Å²) in [6, 6.07) is 0. The van der Waals surface area contributed by atoms with Crippen molar-refractivity contribution in [3.05, 3.63) is 48.6 Å². The first-order valence-corrected chi connectivity index (χ1v) is 6.12. The fraction of sp³-hybridized carbons (Fsp3) is 0.438. The highest BCUT2D eigenvalue weighted by Crippen LogP contribution is 2.05. The summed E-state index contributed by atoms with van der Waals surface area (Å²) in [4.78, 5) is 10.0. The van der Waals surface area contributed by atoms with Crippen LogP contribution in [0.4, 0.5) is 0 Å². The van der Waals surface area contributed by atoms with Gasteiger partial charge in [0.05, 0.1) is 13.2 Å². The van der Waals surface area contributed by atoms with Crippen molar-refractivity contribution in [3.63, 3.8) is 0 Å². The van der Waals surface area contributed by atoms with Crippen LogP contribution in [0.3, 0.4) is 0 Å². The zero-order valence-corrected chi connectivity index (χ0v) is 11.9. The summed E-state index contributed by atoms with van der Waals surface area (Å²) in [6.07, 6.45) is 10.1. The minimum atomic E-state index is 0.617. The average molecular weight is 250 g/mol. The van der Waals surface area contributed by atoms with Crippen molar-refractivity contribution in [1.82, 2.24) is 0 Å². The maximum atomic E-state index is 10.0. The van der Waals surface area contributed by atoms with Crippen molar-refractivity contribution in [2.45, 2.75) is 33.6 Å². The van der Waals surface area contributed by atoms with E-state index in [1.807, 2.05) is 6.92 Å². The van der Waals surface area contributed by atoms with Gasteiger partial charge in [0.1, 0.15) is 6.29 Å². The second kappa shape index (κ2) is 15.6. The Balaban J connectivity index is 0. The van der Waals surface area contributed by atoms with E-state index in [0.717, 1.165) is 24.7 Å². The van der Waals surface area contributed by atoms with Crippen LogP contribution in [-0.4, -0.2) is 19.5 Å². The van der Waals surface area contributed by atoms with Crippen LogP contribution in [0.5, 0.6) is 0 Å². The summed E-state index contributed by atoms with van der Waals surface area (Å²) in [5.41, 5.74) is 2.49. The van der Waals surface area contributed by atoms with E-state index >= 15 is 0 Å². The molecule has 0 saturated carbocycles. The van der Waals surface area contributed by atoms with Crippen molar-refractivity contribution in [1.29, 1.82) is 0 Å². The molecule has 102 valence electrons. The molecule has 0 aromatic heterocycles. The van der Waals surface area contributed by atoms with E-state index in [4.69, 9.17) is 4.74 Å². The highest BCUT2D eigenvalue weighted by atomic mass is 16.5. The van der Waals surface area contributed by atoms with Crippen LogP contribution in [0.2, 0.25) is 0 Å². The topological polar surface area (TPSA) is 26.3 Å². The van der Waals surface area contributed by atoms with E-state index in [1.54, 1.807) is 18.2 Å². The van der Waals surface area contributed by atoms with Crippen molar-refractivity contribution in [2.75, 3.05) is 13.2 Å². The summed E-state index contributed by atoms with van der Waals surface area (Å²) in [6.45, 7) is 14.3. The molecule has 0 aromatic rings. The van der Waals surface area contributed by atoms with Crippen molar-refractivity contribution in [3.8, 4) is 0 Å². The zero-order chi connectivity index (χ0) is 14.2. The van der Waals surface area contributed by atoms with E-state index in [9.17, 15) is 4.79 Å². The molecule has 0 bridgehead atoms. The number of carbonyl (C=O) groups is 1. The third kappa shape index (κ3) is 20.1. The number of ether oxygens (including phenoxy) is 1. The molecule has 0 N–H and O–H groups in total. The molecule has 2 nitrogen and oxygen atoms in total. The molecule has 0 spiro atoms. The fourth-order valence-electron chi connectivity index (χ4n) is 1.02. The van der Waals surface area contributed by atoms with E-state index < -0.39 is 0 Å². The molecule has 18 heavy (non-hydrogen) atoms. The summed E-state index contributed by atoms with van der Waals surface area (Å²) in [5.74, 6) is 0. The zero-order valence-electron chi connectivity index (χ0n) is 11.9.